The summed E-state index contributed by atoms with van der Waals surface area (Å²) in [4.78, 5) is 25.7. The van der Waals surface area contributed by atoms with Crippen LogP contribution in [-0.2, 0) is 19.9 Å². The minimum Gasteiger partial charge on any atom is -0.466 e. The summed E-state index contributed by atoms with van der Waals surface area (Å²) in [7, 11) is 1.15. The van der Waals surface area contributed by atoms with Crippen LogP contribution in [0.2, 0.25) is 0 Å². The van der Waals surface area contributed by atoms with Crippen LogP contribution in [0.3, 0.4) is 0 Å². The van der Waals surface area contributed by atoms with Crippen LogP contribution in [0.5, 0.6) is 0 Å². The Balaban J connectivity index is 2.25. The summed E-state index contributed by atoms with van der Waals surface area (Å²) in [6.45, 7) is 5.20. The number of aromatic nitrogens is 1. The normalized spacial score (nSPS) is 13.1. The fourth-order valence-electron chi connectivity index (χ4n) is 2.98. The molecule has 1 N–H and O–H groups in total. The number of carbonyl (C=O) groups is 2. The largest absolute Gasteiger partial charge is 0.466 e. The lowest BCUT2D eigenvalue weighted by molar-refractivity contribution is -0.157. The SMILES string of the molecule is COC(=O)C(O)(C#Cc1ccccc1)c1cc2ccccc2n1C(=O)OC(C)(C)C. The molecule has 0 fully saturated rings. The molecule has 0 aliphatic carbocycles. The number of ether oxygens (including phenoxy) is 2. The highest BCUT2D eigenvalue weighted by molar-refractivity contribution is 5.95. The molecule has 1 aromatic heterocycles. The van der Waals surface area contributed by atoms with Crippen molar-refractivity contribution < 1.29 is 24.2 Å². The van der Waals surface area contributed by atoms with E-state index < -0.39 is 23.3 Å². The van der Waals surface area contributed by atoms with Crippen LogP contribution in [0.15, 0.2) is 60.7 Å². The van der Waals surface area contributed by atoms with Gasteiger partial charge in [-0.3, -0.25) is 0 Å². The lowest BCUT2D eigenvalue weighted by atomic mass is 9.99. The summed E-state index contributed by atoms with van der Waals surface area (Å²) in [6.07, 6.45) is -0.734. The number of hydrogen-bond donors (Lipinski definition) is 1. The summed E-state index contributed by atoms with van der Waals surface area (Å²) < 4.78 is 11.5. The van der Waals surface area contributed by atoms with E-state index in [4.69, 9.17) is 9.47 Å². The molecule has 1 atom stereocenters. The van der Waals surface area contributed by atoms with Crippen molar-refractivity contribution in [1.29, 1.82) is 0 Å². The molecule has 0 amide bonds. The van der Waals surface area contributed by atoms with Crippen molar-refractivity contribution in [1.82, 2.24) is 4.57 Å². The maximum Gasteiger partial charge on any atom is 0.419 e. The van der Waals surface area contributed by atoms with Gasteiger partial charge in [0.25, 0.3) is 5.60 Å². The van der Waals surface area contributed by atoms with Crippen molar-refractivity contribution in [3.63, 3.8) is 0 Å². The van der Waals surface area contributed by atoms with Crippen LogP contribution in [0.4, 0.5) is 4.79 Å². The molecule has 0 aliphatic heterocycles. The number of aliphatic hydroxyl groups is 1. The molecular weight excluding hydrogens is 382 g/mol. The van der Waals surface area contributed by atoms with Crippen molar-refractivity contribution >= 4 is 23.0 Å². The summed E-state index contributed by atoms with van der Waals surface area (Å²) >= 11 is 0. The average Bonchev–Trinajstić information content (AvgIpc) is 3.11. The fourth-order valence-corrected chi connectivity index (χ4v) is 2.98. The molecule has 154 valence electrons. The third-order valence-electron chi connectivity index (χ3n) is 4.30. The van der Waals surface area contributed by atoms with Gasteiger partial charge in [-0.15, -0.1) is 0 Å². The molecule has 0 aliphatic rings. The zero-order valence-corrected chi connectivity index (χ0v) is 17.3. The van der Waals surface area contributed by atoms with E-state index in [1.165, 1.54) is 6.07 Å². The molecule has 0 saturated heterocycles. The van der Waals surface area contributed by atoms with Gasteiger partial charge in [-0.05, 0) is 51.0 Å². The fraction of sp³-hybridized carbons (Fsp3) is 0.250. The first kappa shape index (κ1) is 21.2. The van der Waals surface area contributed by atoms with E-state index in [9.17, 15) is 14.7 Å². The van der Waals surface area contributed by atoms with Gasteiger partial charge in [0.15, 0.2) is 0 Å². The van der Waals surface area contributed by atoms with Crippen LogP contribution in [0.1, 0.15) is 32.0 Å². The highest BCUT2D eigenvalue weighted by atomic mass is 16.6. The molecule has 3 aromatic rings. The van der Waals surface area contributed by atoms with E-state index in [1.807, 2.05) is 6.07 Å². The molecule has 1 unspecified atom stereocenters. The van der Waals surface area contributed by atoms with Crippen LogP contribution in [-0.4, -0.2) is 34.4 Å². The highest BCUT2D eigenvalue weighted by Crippen LogP contribution is 2.30. The number of fused-ring (bicyclic) bond motifs is 1. The number of rotatable bonds is 2. The molecule has 2 aromatic carbocycles. The third kappa shape index (κ3) is 4.22. The second kappa shape index (κ2) is 8.05. The lowest BCUT2D eigenvalue weighted by Gasteiger charge is -2.24. The van der Waals surface area contributed by atoms with E-state index in [0.29, 0.717) is 16.5 Å². The highest BCUT2D eigenvalue weighted by Gasteiger charge is 2.43. The Bertz CT molecular complexity index is 1150. The van der Waals surface area contributed by atoms with Crippen LogP contribution in [0, 0.1) is 11.8 Å². The van der Waals surface area contributed by atoms with Gasteiger partial charge < -0.3 is 14.6 Å². The molecule has 6 heteroatoms. The molecule has 0 spiro atoms. The monoisotopic (exact) mass is 405 g/mol. The van der Waals surface area contributed by atoms with Crippen molar-refractivity contribution in [3.05, 3.63) is 71.9 Å². The molecule has 0 radical (unpaired) electrons. The van der Waals surface area contributed by atoms with Crippen LogP contribution in [0.25, 0.3) is 10.9 Å². The maximum absolute atomic E-state index is 13.0. The van der Waals surface area contributed by atoms with Crippen LogP contribution >= 0.6 is 0 Å². The number of carbonyl (C=O) groups excluding carboxylic acids is 2. The Hall–Kier alpha value is -3.56. The van der Waals surface area contributed by atoms with E-state index in [1.54, 1.807) is 69.3 Å². The molecule has 0 bridgehead atoms. The number of esters is 1. The van der Waals surface area contributed by atoms with Gasteiger partial charge in [-0.25, -0.2) is 14.2 Å². The number of nitrogens with zero attached hydrogens (tertiary/aromatic N) is 1. The van der Waals surface area contributed by atoms with E-state index in [2.05, 4.69) is 11.8 Å². The smallest absolute Gasteiger partial charge is 0.419 e. The standard InChI is InChI=1S/C24H23NO5/c1-23(2,3)30-22(27)25-19-13-9-8-12-18(19)16-20(25)24(28,21(26)29-4)15-14-17-10-6-5-7-11-17/h5-13,16,28H,1-4H3. The second-order valence-corrected chi connectivity index (χ2v) is 7.72. The summed E-state index contributed by atoms with van der Waals surface area (Å²) in [5.74, 6) is 4.39. The second-order valence-electron chi connectivity index (χ2n) is 7.72. The lowest BCUT2D eigenvalue weighted by Crippen LogP contribution is -2.39. The Morgan fingerprint density at radius 3 is 2.27 bits per heavy atom. The number of hydrogen-bond acceptors (Lipinski definition) is 5. The van der Waals surface area contributed by atoms with Gasteiger partial charge in [-0.1, -0.05) is 42.3 Å². The molecule has 3 rings (SSSR count). The molecule has 6 nitrogen and oxygen atoms in total. The first-order chi connectivity index (χ1) is 14.2. The molecule has 0 saturated carbocycles. The van der Waals surface area contributed by atoms with Crippen molar-refractivity contribution in [3.8, 4) is 11.8 Å². The molecule has 1 heterocycles. The molecule has 30 heavy (non-hydrogen) atoms. The Morgan fingerprint density at radius 2 is 1.63 bits per heavy atom. The van der Waals surface area contributed by atoms with E-state index >= 15 is 0 Å². The first-order valence-corrected chi connectivity index (χ1v) is 9.39. The summed E-state index contributed by atoms with van der Waals surface area (Å²) in [5.41, 5.74) is -2.14. The first-order valence-electron chi connectivity index (χ1n) is 9.39. The Kier molecular flexibility index (Phi) is 5.68. The summed E-state index contributed by atoms with van der Waals surface area (Å²) in [5, 5.41) is 12.0. The minimum absolute atomic E-state index is 0.0479. The quantitative estimate of drug-likeness (QED) is 0.518. The average molecular weight is 405 g/mol. The number of benzene rings is 2. The maximum atomic E-state index is 13.0. The minimum atomic E-state index is -2.39. The number of para-hydroxylation sites is 1. The van der Waals surface area contributed by atoms with Crippen molar-refractivity contribution in [2.24, 2.45) is 0 Å². The Morgan fingerprint density at radius 1 is 1.00 bits per heavy atom. The van der Waals surface area contributed by atoms with Gasteiger partial charge >= 0.3 is 12.1 Å². The predicted octanol–water partition coefficient (Wildman–Crippen LogP) is 3.84. The van der Waals surface area contributed by atoms with Crippen molar-refractivity contribution in [2.45, 2.75) is 32.0 Å². The van der Waals surface area contributed by atoms with Gasteiger partial charge in [0.2, 0.25) is 0 Å². The van der Waals surface area contributed by atoms with E-state index in [0.717, 1.165) is 11.7 Å². The summed E-state index contributed by atoms with van der Waals surface area (Å²) in [6, 6.07) is 17.4. The van der Waals surface area contributed by atoms with Crippen molar-refractivity contribution in [2.75, 3.05) is 7.11 Å². The van der Waals surface area contributed by atoms with Gasteiger partial charge in [0.05, 0.1) is 18.3 Å². The topological polar surface area (TPSA) is 77.8 Å². The van der Waals surface area contributed by atoms with Gasteiger partial charge in [0.1, 0.15) is 5.60 Å². The third-order valence-corrected chi connectivity index (χ3v) is 4.30. The zero-order valence-electron chi connectivity index (χ0n) is 17.3. The van der Waals surface area contributed by atoms with Gasteiger partial charge in [-0.2, -0.15) is 0 Å². The predicted molar refractivity (Wildman–Crippen MR) is 113 cm³/mol. The molecular formula is C24H23NO5. The zero-order chi connectivity index (χ0) is 21.9. The van der Waals surface area contributed by atoms with E-state index in [-0.39, 0.29) is 5.69 Å². The Labute approximate surface area is 175 Å². The van der Waals surface area contributed by atoms with Crippen LogP contribution < -0.4 is 0 Å². The van der Waals surface area contributed by atoms with Gasteiger partial charge in [0, 0.05) is 10.9 Å². The number of methoxy groups -OCH3 is 1.